The van der Waals surface area contributed by atoms with Gasteiger partial charge in [-0.25, -0.2) is 16.8 Å². The van der Waals surface area contributed by atoms with Gasteiger partial charge in [-0.1, -0.05) is 29.8 Å². The van der Waals surface area contributed by atoms with E-state index in [1.807, 2.05) is 31.2 Å². The molecule has 1 aromatic carbocycles. The molecule has 1 aliphatic rings. The summed E-state index contributed by atoms with van der Waals surface area (Å²) in [6.07, 6.45) is 1.58. The molecule has 2 rings (SSSR count). The highest BCUT2D eigenvalue weighted by Gasteiger charge is 2.36. The third-order valence-corrected chi connectivity index (χ3v) is 7.26. The van der Waals surface area contributed by atoms with Gasteiger partial charge in [0.1, 0.15) is 0 Å². The molecule has 9 heteroatoms. The zero-order valence-electron chi connectivity index (χ0n) is 14.4. The quantitative estimate of drug-likeness (QED) is 0.714. The predicted molar refractivity (Wildman–Crippen MR) is 96.5 cm³/mol. The molecule has 0 aliphatic carbocycles. The van der Waals surface area contributed by atoms with Crippen molar-refractivity contribution in [2.45, 2.75) is 25.8 Å². The highest BCUT2D eigenvalue weighted by molar-refractivity contribution is 7.92. The molecule has 140 valence electrons. The van der Waals surface area contributed by atoms with Gasteiger partial charge >= 0.3 is 0 Å². The van der Waals surface area contributed by atoms with Crippen LogP contribution in [0.4, 0.5) is 0 Å². The molecule has 1 N–H and O–H groups in total. The van der Waals surface area contributed by atoms with E-state index in [2.05, 4.69) is 5.32 Å². The highest BCUT2D eigenvalue weighted by atomic mass is 32.2. The van der Waals surface area contributed by atoms with Gasteiger partial charge in [-0.15, -0.1) is 0 Å². The molecule has 1 amide bonds. The Kier molecular flexibility index (Phi) is 6.23. The summed E-state index contributed by atoms with van der Waals surface area (Å²) < 4.78 is 48.3. The average molecular weight is 389 g/mol. The van der Waals surface area contributed by atoms with Gasteiger partial charge in [-0.2, -0.15) is 4.31 Å². The number of benzene rings is 1. The van der Waals surface area contributed by atoms with Crippen LogP contribution in [0.15, 0.2) is 24.3 Å². The van der Waals surface area contributed by atoms with E-state index >= 15 is 0 Å². The minimum absolute atomic E-state index is 0.00344. The minimum atomic E-state index is -3.54. The largest absolute Gasteiger partial charge is 0.354 e. The van der Waals surface area contributed by atoms with Crippen LogP contribution in [-0.4, -0.2) is 63.9 Å². The highest BCUT2D eigenvalue weighted by Crippen LogP contribution is 2.19. The summed E-state index contributed by atoms with van der Waals surface area (Å²) in [7, 11) is -6.72. The standard InChI is InChI=1S/C16H24N2O5S2/c1-13-3-5-14(6-4-13)11-16(19)17-8-9-18(24(2,20)21)15-7-10-25(22,23)12-15/h3-6,15H,7-12H2,1-2H3,(H,17,19). The third-order valence-electron chi connectivity index (χ3n) is 4.18. The summed E-state index contributed by atoms with van der Waals surface area (Å²) in [6.45, 7) is 2.18. The van der Waals surface area contributed by atoms with Crippen LogP contribution in [0.3, 0.4) is 0 Å². The van der Waals surface area contributed by atoms with Crippen LogP contribution in [0.25, 0.3) is 0 Å². The van der Waals surface area contributed by atoms with Crippen LogP contribution in [0, 0.1) is 6.92 Å². The summed E-state index contributed by atoms with van der Waals surface area (Å²) >= 11 is 0. The van der Waals surface area contributed by atoms with Gasteiger partial charge in [0.25, 0.3) is 0 Å². The average Bonchev–Trinajstić information content (AvgIpc) is 2.84. The lowest BCUT2D eigenvalue weighted by Crippen LogP contribution is -2.45. The number of nitrogens with one attached hydrogen (secondary N) is 1. The zero-order chi connectivity index (χ0) is 18.7. The lowest BCUT2D eigenvalue weighted by molar-refractivity contribution is -0.120. The van der Waals surface area contributed by atoms with Crippen LogP contribution >= 0.6 is 0 Å². The molecule has 1 saturated heterocycles. The Hall–Kier alpha value is -1.45. The summed E-state index contributed by atoms with van der Waals surface area (Å²) in [6, 6.07) is 7.06. The number of carbonyl (C=O) groups is 1. The van der Waals surface area contributed by atoms with Crippen molar-refractivity contribution in [3.63, 3.8) is 0 Å². The van der Waals surface area contributed by atoms with Crippen molar-refractivity contribution in [2.75, 3.05) is 30.9 Å². The second-order valence-corrected chi connectivity index (χ2v) is 10.6. The fourth-order valence-corrected chi connectivity index (χ4v) is 5.85. The van der Waals surface area contributed by atoms with E-state index < -0.39 is 25.9 Å². The molecule has 1 unspecified atom stereocenters. The van der Waals surface area contributed by atoms with Crippen molar-refractivity contribution in [2.24, 2.45) is 0 Å². The first-order valence-corrected chi connectivity index (χ1v) is 11.7. The van der Waals surface area contributed by atoms with E-state index in [4.69, 9.17) is 0 Å². The number of carbonyl (C=O) groups excluding carboxylic acids is 1. The second-order valence-electron chi connectivity index (χ2n) is 6.44. The maximum absolute atomic E-state index is 12.0. The van der Waals surface area contributed by atoms with Gasteiger partial charge in [0.2, 0.25) is 15.9 Å². The van der Waals surface area contributed by atoms with E-state index in [9.17, 15) is 21.6 Å². The Morgan fingerprint density at radius 3 is 2.44 bits per heavy atom. The van der Waals surface area contributed by atoms with Gasteiger partial charge in [0, 0.05) is 19.1 Å². The molecular weight excluding hydrogens is 364 g/mol. The predicted octanol–water partition coefficient (Wildman–Crippen LogP) is 0.102. The fourth-order valence-electron chi connectivity index (χ4n) is 2.88. The van der Waals surface area contributed by atoms with E-state index in [-0.39, 0.29) is 36.9 Å². The number of hydrogen-bond acceptors (Lipinski definition) is 5. The van der Waals surface area contributed by atoms with E-state index in [1.54, 1.807) is 0 Å². The molecule has 1 atom stereocenters. The molecule has 1 heterocycles. The maximum Gasteiger partial charge on any atom is 0.224 e. The van der Waals surface area contributed by atoms with Crippen LogP contribution < -0.4 is 5.32 Å². The molecular formula is C16H24N2O5S2. The van der Waals surface area contributed by atoms with Crippen LogP contribution in [-0.2, 0) is 31.1 Å². The molecule has 7 nitrogen and oxygen atoms in total. The maximum atomic E-state index is 12.0. The second kappa shape index (κ2) is 7.84. The molecule has 1 fully saturated rings. The lowest BCUT2D eigenvalue weighted by atomic mass is 10.1. The van der Waals surface area contributed by atoms with Crippen molar-refractivity contribution in [3.8, 4) is 0 Å². The molecule has 0 spiro atoms. The number of amides is 1. The zero-order valence-corrected chi connectivity index (χ0v) is 16.1. The van der Waals surface area contributed by atoms with E-state index in [0.29, 0.717) is 6.42 Å². The number of hydrogen-bond donors (Lipinski definition) is 1. The summed E-state index contributed by atoms with van der Waals surface area (Å²) in [4.78, 5) is 12.0. The first kappa shape index (κ1) is 19.9. The molecule has 0 aromatic heterocycles. The summed E-state index contributed by atoms with van der Waals surface area (Å²) in [5.74, 6) is -0.350. The van der Waals surface area contributed by atoms with E-state index in [1.165, 1.54) is 4.31 Å². The van der Waals surface area contributed by atoms with Gasteiger partial charge in [-0.05, 0) is 18.9 Å². The molecule has 0 bridgehead atoms. The number of sulfonamides is 1. The van der Waals surface area contributed by atoms with Gasteiger partial charge in [-0.3, -0.25) is 4.79 Å². The first-order chi connectivity index (χ1) is 11.6. The van der Waals surface area contributed by atoms with Crippen molar-refractivity contribution < 1.29 is 21.6 Å². The summed E-state index contributed by atoms with van der Waals surface area (Å²) in [5, 5.41) is 2.70. The third kappa shape index (κ3) is 6.09. The normalized spacial score (nSPS) is 19.9. The van der Waals surface area contributed by atoms with Crippen molar-refractivity contribution in [1.29, 1.82) is 0 Å². The van der Waals surface area contributed by atoms with Crippen LogP contribution in [0.2, 0.25) is 0 Å². The smallest absolute Gasteiger partial charge is 0.224 e. The SMILES string of the molecule is Cc1ccc(CC(=O)NCCN(C2CCS(=O)(=O)C2)S(C)(=O)=O)cc1. The van der Waals surface area contributed by atoms with E-state index in [0.717, 1.165) is 17.4 Å². The minimum Gasteiger partial charge on any atom is -0.354 e. The van der Waals surface area contributed by atoms with Gasteiger partial charge in [0.05, 0.1) is 24.2 Å². The monoisotopic (exact) mass is 388 g/mol. The Morgan fingerprint density at radius 2 is 1.92 bits per heavy atom. The number of sulfone groups is 1. The number of nitrogens with zero attached hydrogens (tertiary/aromatic N) is 1. The van der Waals surface area contributed by atoms with Crippen LogP contribution in [0.5, 0.6) is 0 Å². The Balaban J connectivity index is 1.88. The topological polar surface area (TPSA) is 101 Å². The van der Waals surface area contributed by atoms with Gasteiger partial charge < -0.3 is 5.32 Å². The van der Waals surface area contributed by atoms with Crippen molar-refractivity contribution in [1.82, 2.24) is 9.62 Å². The molecule has 0 saturated carbocycles. The van der Waals surface area contributed by atoms with Gasteiger partial charge in [0.15, 0.2) is 9.84 Å². The fraction of sp³-hybridized carbons (Fsp3) is 0.562. The molecule has 0 radical (unpaired) electrons. The summed E-state index contributed by atoms with van der Waals surface area (Å²) in [5.41, 5.74) is 1.99. The Bertz CT molecular complexity index is 817. The lowest BCUT2D eigenvalue weighted by Gasteiger charge is -2.25. The molecule has 1 aromatic rings. The first-order valence-electron chi connectivity index (χ1n) is 8.06. The Labute approximate surface area is 149 Å². The van der Waals surface area contributed by atoms with Crippen LogP contribution in [0.1, 0.15) is 17.5 Å². The number of rotatable bonds is 7. The van der Waals surface area contributed by atoms with Crippen molar-refractivity contribution >= 4 is 25.8 Å². The molecule has 1 aliphatic heterocycles. The van der Waals surface area contributed by atoms with Crippen molar-refractivity contribution in [3.05, 3.63) is 35.4 Å². The number of aryl methyl sites for hydroxylation is 1. The molecule has 25 heavy (non-hydrogen) atoms. The Morgan fingerprint density at radius 1 is 1.28 bits per heavy atom.